The van der Waals surface area contributed by atoms with Gasteiger partial charge < -0.3 is 0 Å². The van der Waals surface area contributed by atoms with Crippen LogP contribution in [0.3, 0.4) is 0 Å². The molecule has 316 valence electrons. The van der Waals surface area contributed by atoms with Crippen molar-refractivity contribution in [2.75, 3.05) is 73.1 Å². The van der Waals surface area contributed by atoms with Crippen LogP contribution in [0.1, 0.15) is 0 Å². The molecule has 0 amide bonds. The summed E-state index contributed by atoms with van der Waals surface area (Å²) in [5.41, 5.74) is 0. The third kappa shape index (κ3) is 14.2. The molecule has 0 aromatic heterocycles. The van der Waals surface area contributed by atoms with E-state index in [0.29, 0.717) is 23.0 Å². The summed E-state index contributed by atoms with van der Waals surface area (Å²) in [6.45, 7) is 0. The summed E-state index contributed by atoms with van der Waals surface area (Å²) in [6, 6.07) is 0. The van der Waals surface area contributed by atoms with E-state index in [1.54, 1.807) is 94.1 Å². The van der Waals surface area contributed by atoms with Gasteiger partial charge in [0.2, 0.25) is 0 Å². The maximum absolute atomic E-state index is 13.3. The molecule has 0 spiro atoms. The molecule has 0 unspecified atom stereocenters. The van der Waals surface area contributed by atoms with Crippen LogP contribution in [0.5, 0.6) is 0 Å². The van der Waals surface area contributed by atoms with Crippen molar-refractivity contribution in [2.45, 2.75) is 0 Å². The number of thioether (sulfide) groups is 24. The third-order valence-corrected chi connectivity index (χ3v) is 40.4. The lowest BCUT2D eigenvalue weighted by atomic mass is 10.5. The lowest BCUT2D eigenvalue weighted by Gasteiger charge is -2.05. The number of hydrogen-bond acceptors (Lipinski definition) is 26. The van der Waals surface area contributed by atoms with E-state index in [0.717, 1.165) is 0 Å². The molecule has 0 aromatic carbocycles. The molecule has 0 radical (unpaired) electrons. The first-order valence-electron chi connectivity index (χ1n) is 15.8. The maximum atomic E-state index is 13.3. The summed E-state index contributed by atoms with van der Waals surface area (Å²) in [7, 11) is 0. The summed E-state index contributed by atoms with van der Waals surface area (Å²) in [6.07, 6.45) is 17.1. The van der Waals surface area contributed by atoms with E-state index in [1.165, 1.54) is 76.3 Å². The standard InChI is InChI=1S/C32H32O2S24/c1-35-15-16(36-2)48-27(47-15)29-51-19(39-5)23(55-29)43-9-13(33)11-45-25-21(41-7)53-31(57-25)32-54-22(42-8)26(58-32)46-12-14(34)10-44-24-20(40-6)52-30(56-24)28-49-17(37-3)18(38-4)50-28/h9-12H2,1-8H3/b32-31-. The van der Waals surface area contributed by atoms with Gasteiger partial charge in [0.05, 0.1) is 99.3 Å². The highest BCUT2D eigenvalue weighted by Crippen LogP contribution is 2.68. The molecular weight excluding hydrogens is 1190 g/mol. The van der Waals surface area contributed by atoms with Gasteiger partial charge in [-0.05, 0) is 50.0 Å². The average Bonchev–Trinajstić information content (AvgIpc) is 4.10. The van der Waals surface area contributed by atoms with E-state index in [9.17, 15) is 9.59 Å². The summed E-state index contributed by atoms with van der Waals surface area (Å²) in [5, 5.41) is 0. The lowest BCUT2D eigenvalue weighted by Crippen LogP contribution is -2.04. The Labute approximate surface area is 445 Å². The van der Waals surface area contributed by atoms with Gasteiger partial charge in [0.15, 0.2) is 11.6 Å². The van der Waals surface area contributed by atoms with Crippen LogP contribution in [-0.4, -0.2) is 84.6 Å². The molecule has 6 aliphatic heterocycles. The topological polar surface area (TPSA) is 34.1 Å². The smallest absolute Gasteiger partial charge is 0.153 e. The quantitative estimate of drug-likeness (QED) is 0.116. The zero-order valence-corrected chi connectivity index (χ0v) is 51.0. The molecule has 0 atom stereocenters. The Kier molecular flexibility index (Phi) is 24.5. The van der Waals surface area contributed by atoms with Gasteiger partial charge in [0.25, 0.3) is 0 Å². The number of carbonyl (C=O) groups is 2. The van der Waals surface area contributed by atoms with Crippen molar-refractivity contribution in [3.8, 4) is 0 Å². The van der Waals surface area contributed by atoms with Crippen molar-refractivity contribution in [1.82, 2.24) is 0 Å². The Morgan fingerprint density at radius 1 is 0.276 bits per heavy atom. The van der Waals surface area contributed by atoms with Gasteiger partial charge in [-0.2, -0.15) is 0 Å². The molecule has 0 aromatic rings. The summed E-state index contributed by atoms with van der Waals surface area (Å²) in [5.74, 6) is 2.49. The maximum Gasteiger partial charge on any atom is 0.153 e. The van der Waals surface area contributed by atoms with Crippen LogP contribution in [0.25, 0.3) is 0 Å². The molecule has 0 saturated heterocycles. The van der Waals surface area contributed by atoms with Crippen LogP contribution < -0.4 is 0 Å². The highest BCUT2D eigenvalue weighted by Gasteiger charge is 2.34. The minimum Gasteiger partial charge on any atom is -0.298 e. The molecule has 6 rings (SSSR count). The highest BCUT2D eigenvalue weighted by molar-refractivity contribution is 8.47. The summed E-state index contributed by atoms with van der Waals surface area (Å²) < 4.78 is 23.7. The monoisotopic (exact) mass is 1220 g/mol. The lowest BCUT2D eigenvalue weighted by molar-refractivity contribution is -0.115. The van der Waals surface area contributed by atoms with E-state index in [4.69, 9.17) is 0 Å². The van der Waals surface area contributed by atoms with Crippen LogP contribution in [0, 0.1) is 0 Å². The van der Waals surface area contributed by atoms with Gasteiger partial charge in [0.1, 0.15) is 0 Å². The fourth-order valence-electron chi connectivity index (χ4n) is 4.16. The van der Waals surface area contributed by atoms with Gasteiger partial charge in [-0.15, -0.1) is 141 Å². The van der Waals surface area contributed by atoms with Crippen molar-refractivity contribution in [1.29, 1.82) is 0 Å². The minimum atomic E-state index is 0.273. The van der Waals surface area contributed by atoms with Crippen molar-refractivity contribution in [3.63, 3.8) is 0 Å². The van der Waals surface area contributed by atoms with Gasteiger partial charge in [-0.1, -0.05) is 141 Å². The first kappa shape index (κ1) is 52.8. The minimum absolute atomic E-state index is 0.273. The molecule has 58 heavy (non-hydrogen) atoms. The Bertz CT molecular complexity index is 1790. The highest BCUT2D eigenvalue weighted by atomic mass is 32.3. The van der Waals surface area contributed by atoms with Crippen LogP contribution in [0.15, 0.2) is 76.3 Å². The van der Waals surface area contributed by atoms with Gasteiger partial charge in [0, 0.05) is 0 Å². The predicted octanol–water partition coefficient (Wildman–Crippen LogP) is 19.0. The number of ketones is 2. The Balaban J connectivity index is 0.955. The number of Topliss-reactive ketones (excluding diaryl/α,β-unsaturated/α-hetero) is 2. The van der Waals surface area contributed by atoms with E-state index in [-0.39, 0.29) is 11.6 Å². The Hall–Kier alpha value is 5.40. The molecule has 0 fully saturated rings. The summed E-state index contributed by atoms with van der Waals surface area (Å²) >= 11 is 43.5. The second-order valence-corrected chi connectivity index (χ2v) is 37.6. The van der Waals surface area contributed by atoms with E-state index < -0.39 is 0 Å². The fourth-order valence-corrected chi connectivity index (χ4v) is 36.4. The van der Waals surface area contributed by atoms with E-state index in [2.05, 4.69) is 50.0 Å². The second-order valence-electron chi connectivity index (χ2n) is 10.3. The molecule has 0 bridgehead atoms. The number of carbonyl (C=O) groups excluding carboxylic acids is 2. The molecule has 6 heterocycles. The SMILES string of the molecule is CSC1=C(SC)SC(=C2SC(SC)=C(SCC(=O)CSC3=C(SC)S/C(=C4\SC(SC)=C(SCC(=O)CSC5=C(SC)SC(=C6SC(SC)=C(SC)S6)S5)S4)S3)S2)S1. The fraction of sp³-hybridized carbons (Fsp3) is 0.375. The van der Waals surface area contributed by atoms with E-state index in [1.807, 2.05) is 188 Å². The third-order valence-electron chi connectivity index (χ3n) is 6.66. The molecule has 0 N–H and O–H groups in total. The Morgan fingerprint density at radius 2 is 0.414 bits per heavy atom. The van der Waals surface area contributed by atoms with E-state index >= 15 is 0 Å². The molecule has 0 saturated carbocycles. The van der Waals surface area contributed by atoms with Crippen LogP contribution in [-0.2, 0) is 9.59 Å². The molecule has 6 aliphatic rings. The van der Waals surface area contributed by atoms with Gasteiger partial charge in [-0.3, -0.25) is 9.59 Å². The van der Waals surface area contributed by atoms with Gasteiger partial charge >= 0.3 is 0 Å². The zero-order chi connectivity index (χ0) is 41.3. The average molecular weight is 1220 g/mol. The van der Waals surface area contributed by atoms with Crippen molar-refractivity contribution < 1.29 is 9.59 Å². The number of rotatable bonds is 20. The molecular formula is C32H32O2S24. The predicted molar refractivity (Wildman–Crippen MR) is 322 cm³/mol. The zero-order valence-electron chi connectivity index (χ0n) is 31.4. The first-order valence-corrected chi connectivity index (χ1v) is 39.4. The van der Waals surface area contributed by atoms with Crippen LogP contribution >= 0.6 is 282 Å². The summed E-state index contributed by atoms with van der Waals surface area (Å²) in [4.78, 5) is 26.5. The molecule has 0 aliphatic carbocycles. The normalized spacial score (nSPS) is 21.8. The molecule has 26 heteroatoms. The van der Waals surface area contributed by atoms with Crippen LogP contribution in [0.4, 0.5) is 0 Å². The van der Waals surface area contributed by atoms with Crippen molar-refractivity contribution in [3.05, 3.63) is 76.3 Å². The molecule has 2 nitrogen and oxygen atoms in total. The largest absolute Gasteiger partial charge is 0.298 e. The first-order chi connectivity index (χ1) is 28.1. The van der Waals surface area contributed by atoms with Crippen LogP contribution in [0.2, 0.25) is 0 Å². The second kappa shape index (κ2) is 27.0. The Morgan fingerprint density at radius 3 is 0.569 bits per heavy atom. The van der Waals surface area contributed by atoms with Crippen molar-refractivity contribution >= 4 is 294 Å². The van der Waals surface area contributed by atoms with Gasteiger partial charge in [-0.25, -0.2) is 0 Å². The number of hydrogen-bond donors (Lipinski definition) is 0. The van der Waals surface area contributed by atoms with Crippen molar-refractivity contribution in [2.24, 2.45) is 0 Å².